The number of anilines is 1. The fraction of sp³-hybridized carbons (Fsp3) is 0.667. The lowest BCUT2D eigenvalue weighted by Gasteiger charge is -2.33. The second-order valence-electron chi connectivity index (χ2n) is 11.4. The molecule has 8 nitrogen and oxygen atoms in total. The Kier molecular flexibility index (Phi) is 9.47. The lowest BCUT2D eigenvalue weighted by atomic mass is 9.81. The number of hydrogen-bond acceptors (Lipinski definition) is 6. The van der Waals surface area contributed by atoms with Crippen molar-refractivity contribution in [2.45, 2.75) is 77.9 Å². The molecule has 200 valence electrons. The first-order valence-electron chi connectivity index (χ1n) is 13.0. The van der Waals surface area contributed by atoms with Crippen LogP contribution in [0.5, 0.6) is 0 Å². The van der Waals surface area contributed by atoms with Crippen molar-refractivity contribution in [2.75, 3.05) is 24.5 Å². The van der Waals surface area contributed by atoms with Crippen molar-refractivity contribution in [3.05, 3.63) is 29.6 Å². The van der Waals surface area contributed by atoms with Crippen molar-refractivity contribution in [3.8, 4) is 0 Å². The van der Waals surface area contributed by atoms with E-state index in [1.54, 1.807) is 12.1 Å². The van der Waals surface area contributed by atoms with Gasteiger partial charge in [-0.3, -0.25) is 19.6 Å². The van der Waals surface area contributed by atoms with Gasteiger partial charge in [-0.15, -0.1) is 0 Å². The Hall–Kier alpha value is -2.52. The Labute approximate surface area is 212 Å². The van der Waals surface area contributed by atoms with Crippen molar-refractivity contribution < 1.29 is 29.1 Å². The minimum atomic E-state index is -0.921. The largest absolute Gasteiger partial charge is 0.393 e. The summed E-state index contributed by atoms with van der Waals surface area (Å²) in [6.07, 6.45) is 5.74. The molecule has 0 aromatic heterocycles. The number of halogens is 1. The van der Waals surface area contributed by atoms with E-state index < -0.39 is 34.9 Å². The molecule has 2 fully saturated rings. The predicted octanol–water partition coefficient (Wildman–Crippen LogP) is 3.54. The van der Waals surface area contributed by atoms with Crippen LogP contribution in [0.4, 0.5) is 10.1 Å². The van der Waals surface area contributed by atoms with E-state index in [1.807, 2.05) is 25.7 Å². The first-order chi connectivity index (χ1) is 17.0. The predicted molar refractivity (Wildman–Crippen MR) is 134 cm³/mol. The molecule has 2 aliphatic rings. The molecule has 1 heterocycles. The van der Waals surface area contributed by atoms with Crippen molar-refractivity contribution in [3.63, 3.8) is 0 Å². The number of carbonyl (C=O) groups is 3. The van der Waals surface area contributed by atoms with E-state index in [0.717, 1.165) is 25.7 Å². The van der Waals surface area contributed by atoms with Crippen LogP contribution in [0.25, 0.3) is 0 Å². The number of rotatable bonds is 10. The summed E-state index contributed by atoms with van der Waals surface area (Å²) in [4.78, 5) is 39.7. The highest BCUT2D eigenvalue weighted by Crippen LogP contribution is 2.32. The second-order valence-corrected chi connectivity index (χ2v) is 11.4. The van der Waals surface area contributed by atoms with Crippen LogP contribution in [-0.2, 0) is 9.59 Å². The average molecular weight is 506 g/mol. The van der Waals surface area contributed by atoms with E-state index in [9.17, 15) is 24.7 Å². The van der Waals surface area contributed by atoms with E-state index in [2.05, 4.69) is 5.32 Å². The first-order valence-corrected chi connectivity index (χ1v) is 13.0. The molecule has 2 amide bonds. The van der Waals surface area contributed by atoms with Gasteiger partial charge in [-0.2, -0.15) is 0 Å². The maximum absolute atomic E-state index is 15.0. The molecule has 36 heavy (non-hydrogen) atoms. The summed E-state index contributed by atoms with van der Waals surface area (Å²) < 4.78 is 15.0. The number of amides is 2. The molecule has 0 spiro atoms. The normalized spacial score (nSPS) is 19.1. The molecule has 1 aliphatic carbocycles. The Bertz CT molecular complexity index is 920. The van der Waals surface area contributed by atoms with Crippen molar-refractivity contribution in [2.24, 2.45) is 17.3 Å². The molecule has 0 unspecified atom stereocenters. The molecule has 1 aliphatic heterocycles. The average Bonchev–Trinajstić information content (AvgIpc) is 3.34. The van der Waals surface area contributed by atoms with E-state index in [1.165, 1.54) is 6.07 Å². The number of nitrogens with one attached hydrogen (secondary N) is 1. The highest BCUT2D eigenvalue weighted by atomic mass is 19.1. The van der Waals surface area contributed by atoms with E-state index in [4.69, 9.17) is 0 Å². The third kappa shape index (κ3) is 7.26. The lowest BCUT2D eigenvalue weighted by Crippen LogP contribution is -2.52. The van der Waals surface area contributed by atoms with E-state index in [0.29, 0.717) is 49.0 Å². The number of hydroxylamine groups is 2. The number of piperidine rings is 1. The van der Waals surface area contributed by atoms with Crippen LogP contribution in [0.15, 0.2) is 18.2 Å². The van der Waals surface area contributed by atoms with Crippen molar-refractivity contribution in [1.82, 2.24) is 10.4 Å². The SMILES string of the molecule is CC(C)(C)[C@H](NC(=O)[C@H](CC1CCCC1)CN(O)C=O)C(=O)c1ccc(N2CCC(O)CC2)c(F)c1. The summed E-state index contributed by atoms with van der Waals surface area (Å²) >= 11 is 0. The summed E-state index contributed by atoms with van der Waals surface area (Å²) in [6.45, 7) is 6.42. The number of ketones is 1. The van der Waals surface area contributed by atoms with Gasteiger partial charge in [-0.1, -0.05) is 46.5 Å². The minimum absolute atomic E-state index is 0.148. The summed E-state index contributed by atoms with van der Waals surface area (Å²) in [5, 5.41) is 22.8. The quantitative estimate of drug-likeness (QED) is 0.194. The summed E-state index contributed by atoms with van der Waals surface area (Å²) in [5.41, 5.74) is -0.104. The van der Waals surface area contributed by atoms with Crippen LogP contribution in [-0.4, -0.2) is 65.3 Å². The van der Waals surface area contributed by atoms with Gasteiger partial charge in [0.1, 0.15) is 5.82 Å². The van der Waals surface area contributed by atoms with Gasteiger partial charge in [0.25, 0.3) is 0 Å². The Balaban J connectivity index is 1.77. The molecular weight excluding hydrogens is 465 g/mol. The van der Waals surface area contributed by atoms with Crippen LogP contribution < -0.4 is 10.2 Å². The first kappa shape index (κ1) is 28.1. The van der Waals surface area contributed by atoms with Crippen molar-refractivity contribution >= 4 is 23.8 Å². The minimum Gasteiger partial charge on any atom is -0.393 e. The Morgan fingerprint density at radius 2 is 1.83 bits per heavy atom. The molecule has 1 saturated carbocycles. The number of benzene rings is 1. The maximum atomic E-state index is 15.0. The Morgan fingerprint density at radius 1 is 1.19 bits per heavy atom. The molecule has 1 aromatic carbocycles. The molecule has 1 saturated heterocycles. The zero-order valence-electron chi connectivity index (χ0n) is 21.6. The maximum Gasteiger partial charge on any atom is 0.233 e. The van der Waals surface area contributed by atoms with E-state index in [-0.39, 0.29) is 24.6 Å². The summed E-state index contributed by atoms with van der Waals surface area (Å²) in [6, 6.07) is 3.45. The highest BCUT2D eigenvalue weighted by Gasteiger charge is 2.36. The Morgan fingerprint density at radius 3 is 2.39 bits per heavy atom. The number of hydrogen-bond donors (Lipinski definition) is 3. The molecule has 3 rings (SSSR count). The van der Waals surface area contributed by atoms with Gasteiger partial charge < -0.3 is 15.3 Å². The molecule has 1 aromatic rings. The molecule has 3 N–H and O–H groups in total. The van der Waals surface area contributed by atoms with Gasteiger partial charge in [0.05, 0.1) is 30.3 Å². The van der Waals surface area contributed by atoms with Gasteiger partial charge in [-0.05, 0) is 48.8 Å². The highest BCUT2D eigenvalue weighted by molar-refractivity contribution is 6.03. The van der Waals surface area contributed by atoms with Crippen LogP contribution in [0.1, 0.15) is 76.1 Å². The molecule has 2 atom stereocenters. The number of carbonyl (C=O) groups excluding carboxylic acids is 3. The standard InChI is InChI=1S/C27H40FN3O5/c1-27(2,3)25(29-26(35)20(16-31(36)17-32)14-18-6-4-5-7-18)24(34)19-8-9-23(22(28)15-19)30-12-10-21(33)11-13-30/h8-9,15,17-18,20-21,25,33,36H,4-7,10-14,16H2,1-3H3,(H,29,35)/t20-,25-/m1/s1. The third-order valence-electron chi connectivity index (χ3n) is 7.44. The molecule has 0 radical (unpaired) electrons. The summed E-state index contributed by atoms with van der Waals surface area (Å²) in [5.74, 6) is -1.64. The number of aliphatic hydroxyl groups excluding tert-OH is 1. The smallest absolute Gasteiger partial charge is 0.233 e. The number of nitrogens with zero attached hydrogens (tertiary/aromatic N) is 2. The van der Waals surface area contributed by atoms with Crippen molar-refractivity contribution in [1.29, 1.82) is 0 Å². The number of Topliss-reactive ketones (excluding diaryl/α,β-unsaturated/α-hetero) is 1. The lowest BCUT2D eigenvalue weighted by molar-refractivity contribution is -0.155. The van der Waals surface area contributed by atoms with Gasteiger partial charge >= 0.3 is 0 Å². The summed E-state index contributed by atoms with van der Waals surface area (Å²) in [7, 11) is 0. The fourth-order valence-corrected chi connectivity index (χ4v) is 5.31. The van der Waals surface area contributed by atoms with Gasteiger partial charge in [0, 0.05) is 18.7 Å². The molecule has 9 heteroatoms. The van der Waals surface area contributed by atoms with E-state index >= 15 is 4.39 Å². The topological polar surface area (TPSA) is 110 Å². The number of aliphatic hydroxyl groups is 1. The van der Waals surface area contributed by atoms with Gasteiger partial charge in [-0.25, -0.2) is 9.45 Å². The fourth-order valence-electron chi connectivity index (χ4n) is 5.31. The van der Waals surface area contributed by atoms with Crippen LogP contribution in [0, 0.1) is 23.1 Å². The van der Waals surface area contributed by atoms with Crippen LogP contribution >= 0.6 is 0 Å². The monoisotopic (exact) mass is 505 g/mol. The van der Waals surface area contributed by atoms with Gasteiger partial charge in [0.2, 0.25) is 12.3 Å². The zero-order chi connectivity index (χ0) is 26.5. The molecular formula is C27H40FN3O5. The van der Waals surface area contributed by atoms with Gasteiger partial charge in [0.15, 0.2) is 5.78 Å². The zero-order valence-corrected chi connectivity index (χ0v) is 21.6. The second kappa shape index (κ2) is 12.1. The molecule has 0 bridgehead atoms. The van der Waals surface area contributed by atoms with Crippen LogP contribution in [0.3, 0.4) is 0 Å². The van der Waals surface area contributed by atoms with Crippen LogP contribution in [0.2, 0.25) is 0 Å². The third-order valence-corrected chi connectivity index (χ3v) is 7.44.